The summed E-state index contributed by atoms with van der Waals surface area (Å²) < 4.78 is 0. The second kappa shape index (κ2) is 7.93. The third kappa shape index (κ3) is 5.04. The number of nitrogens with zero attached hydrogens (tertiary/aromatic N) is 2. The van der Waals surface area contributed by atoms with Crippen molar-refractivity contribution in [2.24, 2.45) is 4.99 Å². The van der Waals surface area contributed by atoms with E-state index >= 15 is 0 Å². The summed E-state index contributed by atoms with van der Waals surface area (Å²) in [5, 5.41) is 10.1. The lowest BCUT2D eigenvalue weighted by Gasteiger charge is -2.25. The first-order chi connectivity index (χ1) is 10.9. The van der Waals surface area contributed by atoms with E-state index in [9.17, 15) is 0 Å². The number of aliphatic imine (C=N–C) groups is 1. The summed E-state index contributed by atoms with van der Waals surface area (Å²) in [6.45, 7) is 10.4. The maximum absolute atomic E-state index is 4.57. The van der Waals surface area contributed by atoms with Crippen LogP contribution in [0.5, 0.6) is 0 Å². The van der Waals surface area contributed by atoms with Crippen molar-refractivity contribution in [1.82, 2.24) is 15.6 Å². The molecule has 4 nitrogen and oxygen atoms in total. The van der Waals surface area contributed by atoms with Crippen LogP contribution in [0.15, 0.2) is 22.5 Å². The number of aromatic nitrogens is 1. The zero-order chi connectivity index (χ0) is 16.9. The van der Waals surface area contributed by atoms with Crippen molar-refractivity contribution in [2.45, 2.75) is 39.5 Å². The van der Waals surface area contributed by atoms with Crippen molar-refractivity contribution in [2.75, 3.05) is 20.1 Å². The van der Waals surface area contributed by atoms with Crippen LogP contribution in [0.2, 0.25) is 0 Å². The molecule has 0 saturated heterocycles. The van der Waals surface area contributed by atoms with Crippen LogP contribution in [0.3, 0.4) is 0 Å². The first kappa shape index (κ1) is 17.9. The number of thiazole rings is 1. The fourth-order valence-electron chi connectivity index (χ4n) is 2.21. The maximum Gasteiger partial charge on any atom is 0.191 e. The zero-order valence-corrected chi connectivity index (χ0v) is 16.2. The monoisotopic (exact) mass is 350 g/mol. The van der Waals surface area contributed by atoms with Crippen LogP contribution in [0.25, 0.3) is 0 Å². The number of hydrogen-bond donors (Lipinski definition) is 2. The Hall–Kier alpha value is -1.40. The molecule has 0 aliphatic heterocycles. The van der Waals surface area contributed by atoms with Gasteiger partial charge < -0.3 is 10.6 Å². The van der Waals surface area contributed by atoms with E-state index in [0.717, 1.165) is 31.2 Å². The van der Waals surface area contributed by atoms with Crippen molar-refractivity contribution in [3.05, 3.63) is 38.0 Å². The van der Waals surface area contributed by atoms with E-state index in [4.69, 9.17) is 0 Å². The minimum absolute atomic E-state index is 0.0926. The Labute approximate surface area is 147 Å². The summed E-state index contributed by atoms with van der Waals surface area (Å²) in [5.74, 6) is 0.847. The summed E-state index contributed by atoms with van der Waals surface area (Å²) in [4.78, 5) is 11.6. The van der Waals surface area contributed by atoms with Gasteiger partial charge in [0.1, 0.15) is 0 Å². The largest absolute Gasteiger partial charge is 0.356 e. The molecular weight excluding hydrogens is 324 g/mol. The van der Waals surface area contributed by atoms with Gasteiger partial charge >= 0.3 is 0 Å². The van der Waals surface area contributed by atoms with Crippen molar-refractivity contribution < 1.29 is 0 Å². The van der Waals surface area contributed by atoms with E-state index in [1.54, 1.807) is 22.7 Å². The second-order valence-electron chi connectivity index (χ2n) is 6.21. The Bertz CT molecular complexity index is 622. The molecule has 23 heavy (non-hydrogen) atoms. The normalized spacial score (nSPS) is 12.5. The average Bonchev–Trinajstić information content (AvgIpc) is 3.14. The van der Waals surface area contributed by atoms with Crippen molar-refractivity contribution in [1.29, 1.82) is 0 Å². The van der Waals surface area contributed by atoms with Crippen molar-refractivity contribution >= 4 is 28.6 Å². The molecule has 126 valence electrons. The fraction of sp³-hybridized carbons (Fsp3) is 0.529. The molecule has 0 aliphatic rings. The molecule has 6 heteroatoms. The number of aryl methyl sites for hydroxylation is 2. The molecule has 2 aromatic heterocycles. The summed E-state index contributed by atoms with van der Waals surface area (Å²) in [5.41, 5.74) is 1.24. The summed E-state index contributed by atoms with van der Waals surface area (Å²) >= 11 is 3.58. The van der Waals surface area contributed by atoms with Crippen LogP contribution in [0, 0.1) is 13.8 Å². The highest BCUT2D eigenvalue weighted by Crippen LogP contribution is 2.26. The summed E-state index contributed by atoms with van der Waals surface area (Å²) in [7, 11) is 1.81. The second-order valence-corrected chi connectivity index (χ2v) is 8.45. The summed E-state index contributed by atoms with van der Waals surface area (Å²) in [6.07, 6.45) is 0.925. The molecule has 2 rings (SSSR count). The van der Waals surface area contributed by atoms with Crippen LogP contribution >= 0.6 is 22.7 Å². The van der Waals surface area contributed by atoms with E-state index < -0.39 is 0 Å². The smallest absolute Gasteiger partial charge is 0.191 e. The fourth-order valence-corrected chi connectivity index (χ4v) is 4.00. The Morgan fingerprint density at radius 2 is 2.09 bits per heavy atom. The van der Waals surface area contributed by atoms with Gasteiger partial charge in [0.2, 0.25) is 0 Å². The minimum atomic E-state index is 0.0926. The third-order valence-electron chi connectivity index (χ3n) is 3.81. The molecule has 2 aromatic rings. The highest BCUT2D eigenvalue weighted by molar-refractivity contribution is 7.11. The first-order valence-corrected chi connectivity index (χ1v) is 9.53. The average molecular weight is 351 g/mol. The van der Waals surface area contributed by atoms with Gasteiger partial charge in [-0.25, -0.2) is 4.98 Å². The van der Waals surface area contributed by atoms with Gasteiger partial charge in [0.15, 0.2) is 5.96 Å². The van der Waals surface area contributed by atoms with Crippen LogP contribution in [-0.4, -0.2) is 31.1 Å². The van der Waals surface area contributed by atoms with Crippen LogP contribution < -0.4 is 10.6 Å². The minimum Gasteiger partial charge on any atom is -0.356 e. The van der Waals surface area contributed by atoms with E-state index in [0.29, 0.717) is 0 Å². The Balaban J connectivity index is 1.79. The SMILES string of the molecule is CN=C(NCCc1nc(C)c(C)s1)NCC(C)(C)c1cccs1. The van der Waals surface area contributed by atoms with Gasteiger partial charge in [-0.1, -0.05) is 19.9 Å². The molecule has 0 aromatic carbocycles. The van der Waals surface area contributed by atoms with Crippen molar-refractivity contribution in [3.8, 4) is 0 Å². The zero-order valence-electron chi connectivity index (χ0n) is 14.6. The number of thiophene rings is 1. The van der Waals surface area contributed by atoms with Gasteiger partial charge in [-0.05, 0) is 25.3 Å². The van der Waals surface area contributed by atoms with E-state index in [-0.39, 0.29) is 5.41 Å². The van der Waals surface area contributed by atoms with Gasteiger partial charge in [0.05, 0.1) is 10.7 Å². The van der Waals surface area contributed by atoms with Gasteiger partial charge in [0, 0.05) is 41.7 Å². The molecule has 0 amide bonds. The number of guanidine groups is 1. The maximum atomic E-state index is 4.57. The predicted molar refractivity (Wildman–Crippen MR) is 102 cm³/mol. The standard InChI is InChI=1S/C17H26N4S2/c1-12-13(2)23-15(21-12)8-9-19-16(18-5)20-11-17(3,4)14-7-6-10-22-14/h6-7,10H,8-9,11H2,1-5H3,(H2,18,19,20). The van der Waals surface area contributed by atoms with Gasteiger partial charge in [-0.2, -0.15) is 0 Å². The highest BCUT2D eigenvalue weighted by Gasteiger charge is 2.21. The number of rotatable bonds is 6. The van der Waals surface area contributed by atoms with E-state index in [1.165, 1.54) is 14.8 Å². The Morgan fingerprint density at radius 1 is 1.30 bits per heavy atom. The van der Waals surface area contributed by atoms with Crippen LogP contribution in [0.4, 0.5) is 0 Å². The number of nitrogens with one attached hydrogen (secondary N) is 2. The van der Waals surface area contributed by atoms with E-state index in [1.807, 2.05) is 7.05 Å². The molecule has 0 radical (unpaired) electrons. The van der Waals surface area contributed by atoms with Gasteiger partial charge in [-0.15, -0.1) is 22.7 Å². The lowest BCUT2D eigenvalue weighted by Crippen LogP contribution is -2.43. The van der Waals surface area contributed by atoms with Crippen LogP contribution in [-0.2, 0) is 11.8 Å². The molecule has 0 spiro atoms. The van der Waals surface area contributed by atoms with Gasteiger partial charge in [-0.3, -0.25) is 4.99 Å². The summed E-state index contributed by atoms with van der Waals surface area (Å²) in [6, 6.07) is 4.29. The third-order valence-corrected chi connectivity index (χ3v) is 6.18. The molecule has 0 bridgehead atoms. The van der Waals surface area contributed by atoms with E-state index in [2.05, 4.69) is 65.8 Å². The number of hydrogen-bond acceptors (Lipinski definition) is 4. The molecule has 0 fully saturated rings. The Morgan fingerprint density at radius 3 is 2.65 bits per heavy atom. The Kier molecular flexibility index (Phi) is 6.18. The molecule has 0 unspecified atom stereocenters. The predicted octanol–water partition coefficient (Wildman–Crippen LogP) is 3.51. The topological polar surface area (TPSA) is 49.3 Å². The first-order valence-electron chi connectivity index (χ1n) is 7.84. The molecule has 0 aliphatic carbocycles. The molecule has 0 saturated carbocycles. The lowest BCUT2D eigenvalue weighted by molar-refractivity contribution is 0.518. The highest BCUT2D eigenvalue weighted by atomic mass is 32.1. The molecular formula is C17H26N4S2. The molecule has 2 heterocycles. The van der Waals surface area contributed by atoms with Crippen molar-refractivity contribution in [3.63, 3.8) is 0 Å². The molecule has 0 atom stereocenters. The molecule has 2 N–H and O–H groups in total. The lowest BCUT2D eigenvalue weighted by atomic mass is 9.91. The van der Waals surface area contributed by atoms with Gasteiger partial charge in [0.25, 0.3) is 0 Å². The van der Waals surface area contributed by atoms with Crippen LogP contribution in [0.1, 0.15) is 34.3 Å². The quantitative estimate of drug-likeness (QED) is 0.619.